The summed E-state index contributed by atoms with van der Waals surface area (Å²) in [6.45, 7) is 11.0. The number of aliphatic imine (C=N–C) groups is 1. The largest absolute Gasteiger partial charge is 0.477 e. The molecule has 0 aromatic carbocycles. The number of nitrogens with zero attached hydrogens (tertiary/aromatic N) is 2. The van der Waals surface area contributed by atoms with E-state index < -0.39 is 0 Å². The predicted octanol–water partition coefficient (Wildman–Crippen LogP) is 3.61. The highest BCUT2D eigenvalue weighted by Crippen LogP contribution is 2.29. The van der Waals surface area contributed by atoms with Crippen LogP contribution in [0.3, 0.4) is 0 Å². The lowest BCUT2D eigenvalue weighted by Crippen LogP contribution is -2.38. The molecule has 2 rings (SSSR count). The lowest BCUT2D eigenvalue weighted by Gasteiger charge is -2.12. The summed E-state index contributed by atoms with van der Waals surface area (Å²) < 4.78 is 11.3. The fourth-order valence-electron chi connectivity index (χ4n) is 2.29. The average molecular weight is 490 g/mol. The molecule has 0 bridgehead atoms. The van der Waals surface area contributed by atoms with Crippen molar-refractivity contribution in [3.05, 3.63) is 23.9 Å². The first-order valence-electron chi connectivity index (χ1n) is 9.85. The second-order valence-corrected chi connectivity index (χ2v) is 7.20. The van der Waals surface area contributed by atoms with Crippen LogP contribution in [0.4, 0.5) is 0 Å². The van der Waals surface area contributed by atoms with Crippen molar-refractivity contribution in [2.45, 2.75) is 46.6 Å². The summed E-state index contributed by atoms with van der Waals surface area (Å²) in [6.07, 6.45) is 5.38. The van der Waals surface area contributed by atoms with Crippen LogP contribution in [0.25, 0.3) is 0 Å². The van der Waals surface area contributed by atoms with Crippen molar-refractivity contribution in [2.75, 3.05) is 32.9 Å². The van der Waals surface area contributed by atoms with Crippen molar-refractivity contribution in [1.82, 2.24) is 15.6 Å². The highest BCUT2D eigenvalue weighted by atomic mass is 127. The van der Waals surface area contributed by atoms with E-state index in [4.69, 9.17) is 9.47 Å². The highest BCUT2D eigenvalue weighted by Gasteiger charge is 2.21. The minimum atomic E-state index is 0. The molecule has 0 saturated heterocycles. The van der Waals surface area contributed by atoms with Crippen LogP contribution in [-0.2, 0) is 11.3 Å². The Labute approximate surface area is 180 Å². The molecule has 1 aromatic rings. The van der Waals surface area contributed by atoms with Gasteiger partial charge < -0.3 is 20.1 Å². The van der Waals surface area contributed by atoms with Gasteiger partial charge in [-0.1, -0.05) is 19.9 Å². The van der Waals surface area contributed by atoms with Gasteiger partial charge in [-0.05, 0) is 43.6 Å². The van der Waals surface area contributed by atoms with E-state index in [-0.39, 0.29) is 24.0 Å². The molecule has 7 heteroatoms. The molecule has 2 N–H and O–H groups in total. The zero-order chi connectivity index (χ0) is 18.6. The van der Waals surface area contributed by atoms with Gasteiger partial charge in [-0.15, -0.1) is 24.0 Å². The molecule has 27 heavy (non-hydrogen) atoms. The Morgan fingerprint density at radius 3 is 2.74 bits per heavy atom. The van der Waals surface area contributed by atoms with Crippen molar-refractivity contribution in [2.24, 2.45) is 16.8 Å². The molecule has 0 amide bonds. The van der Waals surface area contributed by atoms with Crippen LogP contribution in [0.5, 0.6) is 5.88 Å². The summed E-state index contributed by atoms with van der Waals surface area (Å²) in [5, 5.41) is 6.61. The van der Waals surface area contributed by atoms with Gasteiger partial charge in [0.1, 0.15) is 0 Å². The van der Waals surface area contributed by atoms with Gasteiger partial charge in [0.25, 0.3) is 0 Å². The maximum atomic E-state index is 5.67. The van der Waals surface area contributed by atoms with Gasteiger partial charge in [-0.25, -0.2) is 9.98 Å². The number of nitrogens with one attached hydrogen (secondary N) is 2. The van der Waals surface area contributed by atoms with E-state index in [1.807, 2.05) is 18.3 Å². The molecule has 0 atom stereocenters. The summed E-state index contributed by atoms with van der Waals surface area (Å²) in [7, 11) is 0. The van der Waals surface area contributed by atoms with Crippen LogP contribution < -0.4 is 15.4 Å². The number of aromatic nitrogens is 1. The Kier molecular flexibility index (Phi) is 12.4. The van der Waals surface area contributed by atoms with Crippen molar-refractivity contribution < 1.29 is 9.47 Å². The van der Waals surface area contributed by atoms with E-state index in [9.17, 15) is 0 Å². The first-order chi connectivity index (χ1) is 12.7. The van der Waals surface area contributed by atoms with Crippen molar-refractivity contribution >= 4 is 29.9 Å². The van der Waals surface area contributed by atoms with Crippen LogP contribution in [0, 0.1) is 11.8 Å². The number of pyridine rings is 1. The zero-order valence-electron chi connectivity index (χ0n) is 16.9. The fourth-order valence-corrected chi connectivity index (χ4v) is 2.29. The predicted molar refractivity (Wildman–Crippen MR) is 121 cm³/mol. The van der Waals surface area contributed by atoms with Gasteiger partial charge in [-0.3, -0.25) is 0 Å². The third kappa shape index (κ3) is 11.4. The monoisotopic (exact) mass is 490 g/mol. The van der Waals surface area contributed by atoms with Gasteiger partial charge in [0.2, 0.25) is 5.88 Å². The number of ether oxygens (including phenoxy) is 2. The maximum absolute atomic E-state index is 5.67. The van der Waals surface area contributed by atoms with E-state index >= 15 is 0 Å². The second-order valence-electron chi connectivity index (χ2n) is 7.20. The Morgan fingerprint density at radius 1 is 1.30 bits per heavy atom. The van der Waals surface area contributed by atoms with Crippen LogP contribution in [0.15, 0.2) is 23.3 Å². The van der Waals surface area contributed by atoms with Gasteiger partial charge >= 0.3 is 0 Å². The molecule has 0 aliphatic heterocycles. The van der Waals surface area contributed by atoms with E-state index in [0.717, 1.165) is 56.8 Å². The Balaban J connectivity index is 0.00000364. The van der Waals surface area contributed by atoms with Crippen molar-refractivity contribution in [3.8, 4) is 5.88 Å². The number of rotatable bonds is 12. The number of guanidine groups is 1. The normalized spacial score (nSPS) is 14.0. The molecule has 1 aliphatic carbocycles. The lowest BCUT2D eigenvalue weighted by atomic mass is 10.2. The van der Waals surface area contributed by atoms with Gasteiger partial charge in [0.05, 0.1) is 13.2 Å². The highest BCUT2D eigenvalue weighted by molar-refractivity contribution is 14.0. The molecule has 6 nitrogen and oxygen atoms in total. The smallest absolute Gasteiger partial charge is 0.213 e. The molecule has 1 fully saturated rings. The minimum Gasteiger partial charge on any atom is -0.477 e. The van der Waals surface area contributed by atoms with E-state index in [0.29, 0.717) is 18.3 Å². The number of hydrogen-bond acceptors (Lipinski definition) is 4. The summed E-state index contributed by atoms with van der Waals surface area (Å²) >= 11 is 0. The molecule has 0 radical (unpaired) electrons. The molecular formula is C20H35IN4O2. The summed E-state index contributed by atoms with van der Waals surface area (Å²) in [4.78, 5) is 8.98. The standard InChI is InChI=1S/C20H34N4O2.HI/c1-4-21-20(22-10-5-11-25-14-16(2)3)24-13-18-8-9-19(23-12-18)26-15-17-6-7-17;/h8-9,12,16-17H,4-7,10-11,13-15H2,1-3H3,(H2,21,22,24);1H. The van der Waals surface area contributed by atoms with Gasteiger partial charge in [0.15, 0.2) is 5.96 Å². The minimum absolute atomic E-state index is 0. The van der Waals surface area contributed by atoms with E-state index in [2.05, 4.69) is 41.4 Å². The molecule has 1 aliphatic rings. The first-order valence-corrected chi connectivity index (χ1v) is 9.85. The van der Waals surface area contributed by atoms with Gasteiger partial charge in [0, 0.05) is 38.6 Å². The quantitative estimate of drug-likeness (QED) is 0.203. The fraction of sp³-hybridized carbons (Fsp3) is 0.700. The van der Waals surface area contributed by atoms with E-state index in [1.54, 1.807) is 0 Å². The van der Waals surface area contributed by atoms with Crippen molar-refractivity contribution in [3.63, 3.8) is 0 Å². The van der Waals surface area contributed by atoms with Gasteiger partial charge in [-0.2, -0.15) is 0 Å². The SMILES string of the molecule is CCNC(=NCc1ccc(OCC2CC2)nc1)NCCCOCC(C)C.I. The number of hydrogen-bond donors (Lipinski definition) is 2. The topological polar surface area (TPSA) is 67.8 Å². The first kappa shape index (κ1) is 23.9. The third-order valence-corrected chi connectivity index (χ3v) is 3.93. The Hall–Kier alpha value is -1.09. The Bertz CT molecular complexity index is 533. The molecule has 1 saturated carbocycles. The number of halogens is 1. The third-order valence-electron chi connectivity index (χ3n) is 3.93. The zero-order valence-corrected chi connectivity index (χ0v) is 19.2. The molecule has 1 heterocycles. The molecule has 154 valence electrons. The lowest BCUT2D eigenvalue weighted by molar-refractivity contribution is 0.108. The van der Waals surface area contributed by atoms with Crippen molar-refractivity contribution in [1.29, 1.82) is 0 Å². The molecule has 0 spiro atoms. The summed E-state index contributed by atoms with van der Waals surface area (Å²) in [5.74, 6) is 2.85. The average Bonchev–Trinajstić information content (AvgIpc) is 3.46. The van der Waals surface area contributed by atoms with Crippen LogP contribution in [-0.4, -0.2) is 43.9 Å². The maximum Gasteiger partial charge on any atom is 0.213 e. The van der Waals surface area contributed by atoms with Crippen LogP contribution in [0.1, 0.15) is 45.6 Å². The summed E-state index contributed by atoms with van der Waals surface area (Å²) in [6, 6.07) is 3.96. The molecular weight excluding hydrogens is 455 g/mol. The van der Waals surface area contributed by atoms with Crippen LogP contribution >= 0.6 is 24.0 Å². The Morgan fingerprint density at radius 2 is 2.11 bits per heavy atom. The molecule has 1 aromatic heterocycles. The molecule has 0 unspecified atom stereocenters. The second kappa shape index (κ2) is 14.0. The van der Waals surface area contributed by atoms with Crippen LogP contribution in [0.2, 0.25) is 0 Å². The summed E-state index contributed by atoms with van der Waals surface area (Å²) in [5.41, 5.74) is 1.07. The van der Waals surface area contributed by atoms with E-state index in [1.165, 1.54) is 12.8 Å².